The number of benzene rings is 2. The highest BCUT2D eigenvalue weighted by Crippen LogP contribution is 2.31. The summed E-state index contributed by atoms with van der Waals surface area (Å²) in [6.07, 6.45) is 3.74. The van der Waals surface area contributed by atoms with Crippen molar-refractivity contribution in [1.82, 2.24) is 0 Å². The standard InChI is InChI=1S/C17H17BrClN/c1-11(20-17-10-15(19)7-8-16(17)18)13-6-5-12-3-2-4-14(12)9-13/h5-11,20H,2-4H2,1H3. The summed E-state index contributed by atoms with van der Waals surface area (Å²) in [5, 5.41) is 4.27. The lowest BCUT2D eigenvalue weighted by Crippen LogP contribution is -2.07. The zero-order chi connectivity index (χ0) is 14.1. The van der Waals surface area contributed by atoms with Crippen LogP contribution in [0.15, 0.2) is 40.9 Å². The van der Waals surface area contributed by atoms with Crippen molar-refractivity contribution in [2.45, 2.75) is 32.2 Å². The highest BCUT2D eigenvalue weighted by Gasteiger charge is 2.14. The third-order valence-electron chi connectivity index (χ3n) is 3.92. The van der Waals surface area contributed by atoms with Crippen LogP contribution in [0.4, 0.5) is 5.69 Å². The fourth-order valence-electron chi connectivity index (χ4n) is 2.79. The van der Waals surface area contributed by atoms with Gasteiger partial charge >= 0.3 is 0 Å². The van der Waals surface area contributed by atoms with Gasteiger partial charge < -0.3 is 5.32 Å². The predicted octanol–water partition coefficient (Wildman–Crippen LogP) is 5.76. The van der Waals surface area contributed by atoms with Crippen LogP contribution in [0, 0.1) is 0 Å². The lowest BCUT2D eigenvalue weighted by molar-refractivity contribution is 0.878. The first kappa shape index (κ1) is 14.0. The summed E-state index contributed by atoms with van der Waals surface area (Å²) >= 11 is 9.62. The zero-order valence-electron chi connectivity index (χ0n) is 11.4. The highest BCUT2D eigenvalue weighted by atomic mass is 79.9. The summed E-state index contributed by atoms with van der Waals surface area (Å²) in [5.74, 6) is 0. The van der Waals surface area contributed by atoms with E-state index in [9.17, 15) is 0 Å². The zero-order valence-corrected chi connectivity index (χ0v) is 13.8. The van der Waals surface area contributed by atoms with Gasteiger partial charge in [0.05, 0.1) is 5.69 Å². The van der Waals surface area contributed by atoms with Gasteiger partial charge in [-0.05, 0) is 77.0 Å². The average molecular weight is 351 g/mol. The molecule has 0 saturated heterocycles. The van der Waals surface area contributed by atoms with Crippen LogP contribution in [0.3, 0.4) is 0 Å². The first-order valence-electron chi connectivity index (χ1n) is 6.97. The van der Waals surface area contributed by atoms with E-state index in [0.29, 0.717) is 0 Å². The third kappa shape index (κ3) is 2.87. The summed E-state index contributed by atoms with van der Waals surface area (Å²) in [7, 11) is 0. The number of aryl methyl sites for hydroxylation is 2. The Bertz CT molecular complexity index is 639. The molecule has 1 unspecified atom stereocenters. The molecule has 1 atom stereocenters. The van der Waals surface area contributed by atoms with E-state index in [4.69, 9.17) is 11.6 Å². The topological polar surface area (TPSA) is 12.0 Å². The second-order valence-corrected chi connectivity index (χ2v) is 6.66. The molecule has 104 valence electrons. The number of nitrogens with one attached hydrogen (secondary N) is 1. The van der Waals surface area contributed by atoms with Crippen molar-refractivity contribution in [3.8, 4) is 0 Å². The maximum absolute atomic E-state index is 6.06. The van der Waals surface area contributed by atoms with Gasteiger partial charge in [0.2, 0.25) is 0 Å². The Morgan fingerprint density at radius 2 is 1.90 bits per heavy atom. The van der Waals surface area contributed by atoms with Gasteiger partial charge in [-0.2, -0.15) is 0 Å². The predicted molar refractivity (Wildman–Crippen MR) is 89.7 cm³/mol. The van der Waals surface area contributed by atoms with E-state index >= 15 is 0 Å². The van der Waals surface area contributed by atoms with Crippen molar-refractivity contribution in [2.75, 3.05) is 5.32 Å². The van der Waals surface area contributed by atoms with Crippen molar-refractivity contribution in [2.24, 2.45) is 0 Å². The van der Waals surface area contributed by atoms with Crippen LogP contribution < -0.4 is 5.32 Å². The maximum Gasteiger partial charge on any atom is 0.0504 e. The summed E-state index contributed by atoms with van der Waals surface area (Å²) in [5.41, 5.74) is 5.40. The molecule has 1 aliphatic carbocycles. The molecule has 0 fully saturated rings. The van der Waals surface area contributed by atoms with Crippen LogP contribution in [0.2, 0.25) is 5.02 Å². The minimum absolute atomic E-state index is 0.260. The van der Waals surface area contributed by atoms with Gasteiger partial charge in [-0.3, -0.25) is 0 Å². The van der Waals surface area contributed by atoms with Gasteiger partial charge in [-0.15, -0.1) is 0 Å². The minimum Gasteiger partial charge on any atom is -0.378 e. The van der Waals surface area contributed by atoms with E-state index in [2.05, 4.69) is 46.4 Å². The molecule has 0 aliphatic heterocycles. The second kappa shape index (κ2) is 5.79. The lowest BCUT2D eigenvalue weighted by Gasteiger charge is -2.18. The minimum atomic E-state index is 0.260. The largest absolute Gasteiger partial charge is 0.378 e. The Hall–Kier alpha value is -0.990. The molecule has 20 heavy (non-hydrogen) atoms. The van der Waals surface area contributed by atoms with Gasteiger partial charge in [0.1, 0.15) is 0 Å². The first-order chi connectivity index (χ1) is 9.63. The Labute approximate surface area is 133 Å². The fraction of sp³-hybridized carbons (Fsp3) is 0.294. The second-order valence-electron chi connectivity index (χ2n) is 5.37. The maximum atomic E-state index is 6.06. The molecule has 3 rings (SSSR count). The van der Waals surface area contributed by atoms with Gasteiger partial charge in [-0.1, -0.05) is 29.8 Å². The van der Waals surface area contributed by atoms with Gasteiger partial charge in [-0.25, -0.2) is 0 Å². The molecule has 0 radical (unpaired) electrons. The normalized spacial score (nSPS) is 14.9. The molecule has 1 nitrogen and oxygen atoms in total. The first-order valence-corrected chi connectivity index (χ1v) is 8.14. The van der Waals surface area contributed by atoms with E-state index in [-0.39, 0.29) is 6.04 Å². The van der Waals surface area contributed by atoms with E-state index in [1.165, 1.54) is 36.0 Å². The molecular weight excluding hydrogens is 334 g/mol. The molecule has 1 aliphatic rings. The summed E-state index contributed by atoms with van der Waals surface area (Å²) in [6.45, 7) is 2.18. The van der Waals surface area contributed by atoms with Crippen molar-refractivity contribution >= 4 is 33.2 Å². The Morgan fingerprint density at radius 1 is 1.10 bits per heavy atom. The number of halogens is 2. The molecule has 2 aromatic carbocycles. The number of hydrogen-bond donors (Lipinski definition) is 1. The summed E-state index contributed by atoms with van der Waals surface area (Å²) in [6, 6.07) is 12.9. The van der Waals surface area contributed by atoms with E-state index in [1.807, 2.05) is 18.2 Å². The smallest absolute Gasteiger partial charge is 0.0504 e. The quantitative estimate of drug-likeness (QED) is 0.741. The number of hydrogen-bond acceptors (Lipinski definition) is 1. The molecule has 0 aromatic heterocycles. The van der Waals surface area contributed by atoms with Crippen molar-refractivity contribution in [3.05, 3.63) is 62.6 Å². The molecule has 2 aromatic rings. The summed E-state index contributed by atoms with van der Waals surface area (Å²) in [4.78, 5) is 0. The van der Waals surface area contributed by atoms with Crippen molar-refractivity contribution in [3.63, 3.8) is 0 Å². The monoisotopic (exact) mass is 349 g/mol. The van der Waals surface area contributed by atoms with E-state index in [0.717, 1.165) is 15.2 Å². The third-order valence-corrected chi connectivity index (χ3v) is 4.85. The molecule has 0 amide bonds. The molecule has 0 bridgehead atoms. The van der Waals surface area contributed by atoms with Gasteiger partial charge in [0.25, 0.3) is 0 Å². The van der Waals surface area contributed by atoms with E-state index < -0.39 is 0 Å². The molecule has 0 spiro atoms. The van der Waals surface area contributed by atoms with Crippen LogP contribution in [-0.2, 0) is 12.8 Å². The Balaban J connectivity index is 1.82. The van der Waals surface area contributed by atoms with Gasteiger partial charge in [0.15, 0.2) is 0 Å². The molecule has 3 heteroatoms. The van der Waals surface area contributed by atoms with Crippen molar-refractivity contribution < 1.29 is 0 Å². The van der Waals surface area contributed by atoms with Crippen molar-refractivity contribution in [1.29, 1.82) is 0 Å². The van der Waals surface area contributed by atoms with Crippen LogP contribution in [0.5, 0.6) is 0 Å². The van der Waals surface area contributed by atoms with Crippen LogP contribution in [0.25, 0.3) is 0 Å². The van der Waals surface area contributed by atoms with Crippen LogP contribution >= 0.6 is 27.5 Å². The highest BCUT2D eigenvalue weighted by molar-refractivity contribution is 9.10. The average Bonchev–Trinajstić information content (AvgIpc) is 2.90. The number of rotatable bonds is 3. The van der Waals surface area contributed by atoms with E-state index in [1.54, 1.807) is 0 Å². The fourth-order valence-corrected chi connectivity index (χ4v) is 3.32. The molecule has 0 heterocycles. The van der Waals surface area contributed by atoms with Gasteiger partial charge in [0, 0.05) is 15.5 Å². The molecule has 0 saturated carbocycles. The lowest BCUT2D eigenvalue weighted by atomic mass is 10.0. The Kier molecular flexibility index (Phi) is 4.04. The van der Waals surface area contributed by atoms with Crippen LogP contribution in [-0.4, -0.2) is 0 Å². The molecule has 1 N–H and O–H groups in total. The molecular formula is C17H17BrClN. The SMILES string of the molecule is CC(Nc1cc(Cl)ccc1Br)c1ccc2c(c1)CCC2. The Morgan fingerprint density at radius 3 is 2.75 bits per heavy atom. The summed E-state index contributed by atoms with van der Waals surface area (Å²) < 4.78 is 1.04. The number of anilines is 1. The van der Waals surface area contributed by atoms with Crippen LogP contribution in [0.1, 0.15) is 36.1 Å². The number of fused-ring (bicyclic) bond motifs is 1.